The molecule has 0 saturated carbocycles. The normalized spacial score (nSPS) is 9.40. The van der Waals surface area contributed by atoms with Crippen molar-refractivity contribution in [3.05, 3.63) is 22.4 Å². The van der Waals surface area contributed by atoms with Crippen LogP contribution in [-0.4, -0.2) is 5.71 Å². The topological polar surface area (TPSA) is 12.4 Å². The number of hydrogen-bond acceptors (Lipinski definition) is 2. The molecule has 1 nitrogen and oxygen atoms in total. The van der Waals surface area contributed by atoms with Gasteiger partial charge in [-0.2, -0.15) is 0 Å². The Hall–Kier alpha value is -0.630. The van der Waals surface area contributed by atoms with Crippen LogP contribution in [0.25, 0.3) is 0 Å². The molecule has 0 N–H and O–H groups in total. The van der Waals surface area contributed by atoms with Gasteiger partial charge < -0.3 is 0 Å². The van der Waals surface area contributed by atoms with Crippen LogP contribution < -0.4 is 0 Å². The van der Waals surface area contributed by atoms with E-state index >= 15 is 0 Å². The van der Waals surface area contributed by atoms with Gasteiger partial charge in [0.05, 0.1) is 6.54 Å². The van der Waals surface area contributed by atoms with E-state index in [2.05, 4.69) is 22.5 Å². The summed E-state index contributed by atoms with van der Waals surface area (Å²) in [6.45, 7) is 4.89. The summed E-state index contributed by atoms with van der Waals surface area (Å²) < 4.78 is 0. The van der Waals surface area contributed by atoms with Crippen molar-refractivity contribution in [3.8, 4) is 0 Å². The summed E-state index contributed by atoms with van der Waals surface area (Å²) in [6, 6.07) is 4.16. The monoisotopic (exact) mass is 153 g/mol. The molecule has 0 radical (unpaired) electrons. The van der Waals surface area contributed by atoms with E-state index in [0.29, 0.717) is 0 Å². The zero-order valence-electron chi connectivity index (χ0n) is 6.29. The lowest BCUT2D eigenvalue weighted by molar-refractivity contribution is 1.09. The van der Waals surface area contributed by atoms with Crippen LogP contribution in [0.2, 0.25) is 0 Å². The largest absolute Gasteiger partial charge is 0.289 e. The van der Waals surface area contributed by atoms with Crippen molar-refractivity contribution in [1.82, 2.24) is 0 Å². The second-order valence-electron chi connectivity index (χ2n) is 2.34. The molecule has 0 bridgehead atoms. The van der Waals surface area contributed by atoms with Gasteiger partial charge in [-0.3, -0.25) is 4.99 Å². The summed E-state index contributed by atoms with van der Waals surface area (Å²) in [4.78, 5) is 5.63. The Morgan fingerprint density at radius 3 is 2.90 bits per heavy atom. The molecule has 10 heavy (non-hydrogen) atoms. The summed E-state index contributed by atoms with van der Waals surface area (Å²) >= 11 is 1.76. The van der Waals surface area contributed by atoms with Crippen LogP contribution in [0.3, 0.4) is 0 Å². The van der Waals surface area contributed by atoms with Crippen molar-refractivity contribution in [2.45, 2.75) is 20.4 Å². The molecule has 1 heterocycles. The first kappa shape index (κ1) is 7.48. The second kappa shape index (κ2) is 3.52. The predicted octanol–water partition coefficient (Wildman–Crippen LogP) is 2.73. The molecule has 0 saturated heterocycles. The Balaban J connectivity index is 2.49. The van der Waals surface area contributed by atoms with E-state index in [1.807, 2.05) is 13.8 Å². The molecule has 2 heteroatoms. The van der Waals surface area contributed by atoms with Crippen molar-refractivity contribution >= 4 is 17.0 Å². The molecule has 0 unspecified atom stereocenters. The third-order valence-electron chi connectivity index (χ3n) is 1.13. The molecule has 1 rings (SSSR count). The van der Waals surface area contributed by atoms with E-state index in [1.165, 1.54) is 4.88 Å². The fraction of sp³-hybridized carbons (Fsp3) is 0.375. The third kappa shape index (κ3) is 2.31. The Morgan fingerprint density at radius 1 is 1.60 bits per heavy atom. The molecule has 1 aromatic heterocycles. The van der Waals surface area contributed by atoms with Gasteiger partial charge in [0, 0.05) is 10.6 Å². The summed E-state index contributed by atoms with van der Waals surface area (Å²) in [5.74, 6) is 0. The lowest BCUT2D eigenvalue weighted by Gasteiger charge is -1.89. The van der Waals surface area contributed by atoms with Crippen molar-refractivity contribution in [1.29, 1.82) is 0 Å². The summed E-state index contributed by atoms with van der Waals surface area (Å²) in [7, 11) is 0. The molecule has 0 aliphatic rings. The highest BCUT2D eigenvalue weighted by Gasteiger charge is 1.88. The quantitative estimate of drug-likeness (QED) is 0.579. The average Bonchev–Trinajstić information content (AvgIpc) is 2.34. The van der Waals surface area contributed by atoms with E-state index < -0.39 is 0 Å². The molecule has 0 spiro atoms. The van der Waals surface area contributed by atoms with Crippen molar-refractivity contribution in [2.24, 2.45) is 4.99 Å². The van der Waals surface area contributed by atoms with Gasteiger partial charge in [-0.1, -0.05) is 6.07 Å². The molecule has 0 aliphatic carbocycles. The summed E-state index contributed by atoms with van der Waals surface area (Å²) in [5, 5.41) is 2.08. The zero-order valence-corrected chi connectivity index (χ0v) is 7.11. The van der Waals surface area contributed by atoms with Gasteiger partial charge >= 0.3 is 0 Å². The first-order valence-electron chi connectivity index (χ1n) is 3.29. The first-order valence-corrected chi connectivity index (χ1v) is 4.17. The molecular formula is C8H11NS. The van der Waals surface area contributed by atoms with Gasteiger partial charge in [-0.05, 0) is 25.3 Å². The van der Waals surface area contributed by atoms with E-state index in [0.717, 1.165) is 12.3 Å². The summed E-state index contributed by atoms with van der Waals surface area (Å²) in [5.41, 5.74) is 1.15. The molecular weight excluding hydrogens is 142 g/mol. The van der Waals surface area contributed by atoms with Crippen LogP contribution in [0.5, 0.6) is 0 Å². The van der Waals surface area contributed by atoms with Gasteiger partial charge in [0.25, 0.3) is 0 Å². The number of thiophene rings is 1. The van der Waals surface area contributed by atoms with E-state index in [-0.39, 0.29) is 0 Å². The van der Waals surface area contributed by atoms with Crippen molar-refractivity contribution < 1.29 is 0 Å². The molecule has 0 fully saturated rings. The molecule has 0 amide bonds. The number of nitrogens with zero attached hydrogens (tertiary/aromatic N) is 1. The fourth-order valence-electron chi connectivity index (χ4n) is 0.639. The lowest BCUT2D eigenvalue weighted by Crippen LogP contribution is -1.81. The highest BCUT2D eigenvalue weighted by atomic mass is 32.1. The highest BCUT2D eigenvalue weighted by molar-refractivity contribution is 7.09. The third-order valence-corrected chi connectivity index (χ3v) is 1.99. The minimum Gasteiger partial charge on any atom is -0.289 e. The van der Waals surface area contributed by atoms with E-state index in [1.54, 1.807) is 11.3 Å². The Labute approximate surface area is 65.4 Å². The van der Waals surface area contributed by atoms with Gasteiger partial charge in [0.2, 0.25) is 0 Å². The fourth-order valence-corrected chi connectivity index (χ4v) is 1.27. The molecule has 1 aromatic rings. The Kier molecular flexibility index (Phi) is 2.63. The van der Waals surface area contributed by atoms with Gasteiger partial charge in [-0.25, -0.2) is 0 Å². The number of rotatable bonds is 2. The predicted molar refractivity (Wildman–Crippen MR) is 46.8 cm³/mol. The van der Waals surface area contributed by atoms with Crippen LogP contribution in [0, 0.1) is 0 Å². The lowest BCUT2D eigenvalue weighted by atomic mass is 10.4. The van der Waals surface area contributed by atoms with Crippen molar-refractivity contribution in [2.75, 3.05) is 0 Å². The molecule has 0 aliphatic heterocycles. The van der Waals surface area contributed by atoms with Crippen LogP contribution in [0.4, 0.5) is 0 Å². The standard InChI is InChI=1S/C8H11NS/c1-7(2)9-6-8-4-3-5-10-8/h3-5H,6H2,1-2H3. The maximum absolute atomic E-state index is 4.29. The number of aliphatic imine (C=N–C) groups is 1. The van der Waals surface area contributed by atoms with Gasteiger partial charge in [-0.15, -0.1) is 11.3 Å². The molecule has 54 valence electrons. The minimum absolute atomic E-state index is 0.847. The van der Waals surface area contributed by atoms with Gasteiger partial charge in [0.1, 0.15) is 0 Å². The summed E-state index contributed by atoms with van der Waals surface area (Å²) in [6.07, 6.45) is 0. The van der Waals surface area contributed by atoms with Gasteiger partial charge in [0.15, 0.2) is 0 Å². The van der Waals surface area contributed by atoms with Crippen LogP contribution in [0.15, 0.2) is 22.5 Å². The van der Waals surface area contributed by atoms with Crippen LogP contribution in [0.1, 0.15) is 18.7 Å². The Bertz CT molecular complexity index is 207. The SMILES string of the molecule is CC(C)=NCc1cccs1. The number of hydrogen-bond donors (Lipinski definition) is 0. The smallest absolute Gasteiger partial charge is 0.0731 e. The maximum atomic E-state index is 4.29. The maximum Gasteiger partial charge on any atom is 0.0731 e. The first-order chi connectivity index (χ1) is 4.79. The average molecular weight is 153 g/mol. The van der Waals surface area contributed by atoms with E-state index in [9.17, 15) is 0 Å². The second-order valence-corrected chi connectivity index (χ2v) is 3.38. The van der Waals surface area contributed by atoms with Crippen LogP contribution >= 0.6 is 11.3 Å². The van der Waals surface area contributed by atoms with Crippen LogP contribution in [-0.2, 0) is 6.54 Å². The zero-order chi connectivity index (χ0) is 7.40. The highest BCUT2D eigenvalue weighted by Crippen LogP contribution is 2.09. The van der Waals surface area contributed by atoms with E-state index in [4.69, 9.17) is 0 Å². The molecule has 0 aromatic carbocycles. The minimum atomic E-state index is 0.847. The van der Waals surface area contributed by atoms with Crippen molar-refractivity contribution in [3.63, 3.8) is 0 Å². The Morgan fingerprint density at radius 2 is 2.40 bits per heavy atom. The molecule has 0 atom stereocenters.